The van der Waals surface area contributed by atoms with Gasteiger partial charge in [-0.25, -0.2) is 4.79 Å². The number of rotatable bonds is 6. The molecular formula is C21H32O5S. The van der Waals surface area contributed by atoms with Gasteiger partial charge in [-0.3, -0.25) is 4.79 Å². The summed E-state index contributed by atoms with van der Waals surface area (Å²) in [6.07, 6.45) is 0.132. The number of carbonyl (C=O) groups is 2. The zero-order valence-electron chi connectivity index (χ0n) is 17.5. The number of hydrogen-bond donors (Lipinski definition) is 1. The highest BCUT2D eigenvalue weighted by atomic mass is 32.1. The average molecular weight is 397 g/mol. The molecule has 0 N–H and O–H groups in total. The van der Waals surface area contributed by atoms with Crippen molar-refractivity contribution in [3.05, 3.63) is 28.8 Å². The Morgan fingerprint density at radius 2 is 1.70 bits per heavy atom. The van der Waals surface area contributed by atoms with E-state index in [0.717, 1.165) is 16.7 Å². The van der Waals surface area contributed by atoms with Gasteiger partial charge in [0.1, 0.15) is 18.0 Å². The topological polar surface area (TPSA) is 61.8 Å². The van der Waals surface area contributed by atoms with Crippen molar-refractivity contribution in [1.29, 1.82) is 0 Å². The maximum atomic E-state index is 12.1. The van der Waals surface area contributed by atoms with E-state index in [2.05, 4.69) is 12.6 Å². The van der Waals surface area contributed by atoms with Crippen LogP contribution in [-0.4, -0.2) is 30.1 Å². The number of carbonyl (C=O) groups excluding carboxylic acids is 2. The highest BCUT2D eigenvalue weighted by Crippen LogP contribution is 2.34. The molecule has 0 radical (unpaired) electrons. The van der Waals surface area contributed by atoms with Crippen LogP contribution in [0.3, 0.4) is 0 Å². The molecule has 1 aromatic carbocycles. The van der Waals surface area contributed by atoms with E-state index < -0.39 is 11.8 Å². The molecule has 0 aliphatic rings. The second-order valence-electron chi connectivity index (χ2n) is 8.54. The average Bonchev–Trinajstić information content (AvgIpc) is 2.48. The molecule has 0 aliphatic heterocycles. The summed E-state index contributed by atoms with van der Waals surface area (Å²) in [6.45, 7) is 13.8. The Labute approximate surface area is 168 Å². The first-order valence-corrected chi connectivity index (χ1v) is 9.78. The second kappa shape index (κ2) is 9.49. The van der Waals surface area contributed by atoms with Gasteiger partial charge in [-0.05, 0) is 56.7 Å². The molecule has 0 saturated heterocycles. The third kappa shape index (κ3) is 8.24. The molecule has 6 heteroatoms. The van der Waals surface area contributed by atoms with E-state index in [4.69, 9.17) is 14.2 Å². The molecule has 0 atom stereocenters. The van der Waals surface area contributed by atoms with Crippen molar-refractivity contribution in [2.24, 2.45) is 0 Å². The van der Waals surface area contributed by atoms with Crippen LogP contribution in [0, 0.1) is 6.92 Å². The van der Waals surface area contributed by atoms with Crippen LogP contribution in [-0.2, 0) is 26.1 Å². The Hall–Kier alpha value is -1.69. The molecule has 0 heterocycles. The van der Waals surface area contributed by atoms with E-state index in [-0.39, 0.29) is 11.4 Å². The molecule has 0 saturated carbocycles. The van der Waals surface area contributed by atoms with Crippen molar-refractivity contribution in [2.45, 2.75) is 72.3 Å². The highest BCUT2D eigenvalue weighted by Gasteiger charge is 2.25. The lowest BCUT2D eigenvalue weighted by atomic mass is 9.84. The molecule has 0 fully saturated rings. The van der Waals surface area contributed by atoms with Crippen LogP contribution in [0.2, 0.25) is 0 Å². The number of thiol groups is 1. The first-order valence-electron chi connectivity index (χ1n) is 9.15. The maximum Gasteiger partial charge on any atom is 0.514 e. The van der Waals surface area contributed by atoms with E-state index in [1.165, 1.54) is 0 Å². The van der Waals surface area contributed by atoms with Crippen molar-refractivity contribution in [3.63, 3.8) is 0 Å². The third-order valence-corrected chi connectivity index (χ3v) is 3.96. The summed E-state index contributed by atoms with van der Waals surface area (Å²) in [6, 6.07) is 3.83. The van der Waals surface area contributed by atoms with Gasteiger partial charge >= 0.3 is 12.1 Å². The molecule has 27 heavy (non-hydrogen) atoms. The fourth-order valence-corrected chi connectivity index (χ4v) is 2.59. The third-order valence-electron chi connectivity index (χ3n) is 3.78. The SMILES string of the molecule is Cc1cc(OC(=O)OC(C)(C)C)c(C(C)(C)C)cc1CCC(=O)OCCS. The van der Waals surface area contributed by atoms with Crippen molar-refractivity contribution in [1.82, 2.24) is 0 Å². The Kier molecular flexibility index (Phi) is 8.21. The summed E-state index contributed by atoms with van der Waals surface area (Å²) in [7, 11) is 0. The normalized spacial score (nSPS) is 11.9. The van der Waals surface area contributed by atoms with Gasteiger partial charge < -0.3 is 14.2 Å². The Balaban J connectivity index is 3.04. The molecule has 1 rings (SSSR count). The summed E-state index contributed by atoms with van der Waals surface area (Å²) in [5.41, 5.74) is 1.99. The van der Waals surface area contributed by atoms with Gasteiger partial charge in [0.05, 0.1) is 0 Å². The lowest BCUT2D eigenvalue weighted by molar-refractivity contribution is -0.142. The molecule has 0 bridgehead atoms. The summed E-state index contributed by atoms with van der Waals surface area (Å²) in [5, 5.41) is 0. The van der Waals surface area contributed by atoms with Gasteiger partial charge in [0.2, 0.25) is 0 Å². The van der Waals surface area contributed by atoms with Crippen molar-refractivity contribution in [3.8, 4) is 5.75 Å². The largest absolute Gasteiger partial charge is 0.514 e. The monoisotopic (exact) mass is 396 g/mol. The lowest BCUT2D eigenvalue weighted by Crippen LogP contribution is -2.27. The first-order chi connectivity index (χ1) is 12.3. The standard InChI is InChI=1S/C21H32O5S/c1-14-12-17(25-19(23)26-21(5,6)7)16(20(2,3)4)13-15(14)8-9-18(22)24-10-11-27/h12-13,27H,8-11H2,1-7H3. The van der Waals surface area contributed by atoms with Crippen molar-refractivity contribution in [2.75, 3.05) is 12.4 Å². The van der Waals surface area contributed by atoms with E-state index in [1.54, 1.807) is 20.8 Å². The minimum atomic E-state index is -0.726. The molecule has 0 spiro atoms. The van der Waals surface area contributed by atoms with Crippen molar-refractivity contribution >= 4 is 24.8 Å². The predicted octanol–water partition coefficient (Wildman–Crippen LogP) is 5.01. The lowest BCUT2D eigenvalue weighted by Gasteiger charge is -2.25. The Morgan fingerprint density at radius 1 is 1.07 bits per heavy atom. The number of benzene rings is 1. The molecule has 5 nitrogen and oxygen atoms in total. The van der Waals surface area contributed by atoms with Crippen molar-refractivity contribution < 1.29 is 23.8 Å². The van der Waals surface area contributed by atoms with Crippen LogP contribution in [0.4, 0.5) is 4.79 Å². The van der Waals surface area contributed by atoms with Crippen LogP contribution in [0.1, 0.15) is 64.7 Å². The zero-order valence-corrected chi connectivity index (χ0v) is 18.4. The first kappa shape index (κ1) is 23.3. The summed E-state index contributed by atoms with van der Waals surface area (Å²) in [4.78, 5) is 23.9. The second-order valence-corrected chi connectivity index (χ2v) is 8.98. The minimum absolute atomic E-state index is 0.241. The molecule has 0 amide bonds. The molecule has 0 aliphatic carbocycles. The number of aryl methyl sites for hydroxylation is 2. The molecule has 1 aromatic rings. The predicted molar refractivity (Wildman–Crippen MR) is 110 cm³/mol. The molecule has 0 aromatic heterocycles. The molecule has 152 valence electrons. The van der Waals surface area contributed by atoms with Crippen LogP contribution in [0.5, 0.6) is 5.75 Å². The van der Waals surface area contributed by atoms with Crippen LogP contribution < -0.4 is 4.74 Å². The van der Waals surface area contributed by atoms with Gasteiger partial charge in [0.15, 0.2) is 0 Å². The maximum absolute atomic E-state index is 12.1. The summed E-state index contributed by atoms with van der Waals surface area (Å²) in [5.74, 6) is 0.751. The Morgan fingerprint density at radius 3 is 2.22 bits per heavy atom. The zero-order chi connectivity index (χ0) is 20.8. The minimum Gasteiger partial charge on any atom is -0.465 e. The number of hydrogen-bond acceptors (Lipinski definition) is 6. The van der Waals surface area contributed by atoms with E-state index in [1.807, 2.05) is 39.8 Å². The summed E-state index contributed by atoms with van der Waals surface area (Å²) >= 11 is 4.03. The molecule has 0 unspecified atom stereocenters. The summed E-state index contributed by atoms with van der Waals surface area (Å²) < 4.78 is 15.8. The fraction of sp³-hybridized carbons (Fsp3) is 0.619. The van der Waals surface area contributed by atoms with Gasteiger partial charge in [0, 0.05) is 17.7 Å². The molecular weight excluding hydrogens is 364 g/mol. The van der Waals surface area contributed by atoms with Gasteiger partial charge in [-0.2, -0.15) is 12.6 Å². The fourth-order valence-electron chi connectivity index (χ4n) is 2.50. The smallest absolute Gasteiger partial charge is 0.465 e. The van der Waals surface area contributed by atoms with Gasteiger partial charge in [0.25, 0.3) is 0 Å². The Bertz CT molecular complexity index is 668. The number of ether oxygens (including phenoxy) is 3. The van der Waals surface area contributed by atoms with Crippen LogP contribution >= 0.6 is 12.6 Å². The van der Waals surface area contributed by atoms with E-state index in [0.29, 0.717) is 31.0 Å². The van der Waals surface area contributed by atoms with E-state index >= 15 is 0 Å². The van der Waals surface area contributed by atoms with Crippen LogP contribution in [0.25, 0.3) is 0 Å². The van der Waals surface area contributed by atoms with Gasteiger partial charge in [-0.15, -0.1) is 0 Å². The van der Waals surface area contributed by atoms with E-state index in [9.17, 15) is 9.59 Å². The quantitative estimate of drug-likeness (QED) is 0.416. The van der Waals surface area contributed by atoms with Gasteiger partial charge in [-0.1, -0.05) is 26.8 Å². The number of esters is 1. The van der Waals surface area contributed by atoms with Crippen LogP contribution in [0.15, 0.2) is 12.1 Å². The highest BCUT2D eigenvalue weighted by molar-refractivity contribution is 7.80.